The maximum Gasteiger partial charge on any atom is 0.253 e. The normalized spacial score (nSPS) is 14.7. The van der Waals surface area contributed by atoms with Gasteiger partial charge in [-0.05, 0) is 59.3 Å². The Morgan fingerprint density at radius 3 is 2.51 bits per heavy atom. The number of hydrogen-bond acceptors (Lipinski definition) is 8. The number of pyridine rings is 1. The van der Waals surface area contributed by atoms with Crippen molar-refractivity contribution < 1.29 is 9.47 Å². The average Bonchev–Trinajstić information content (AvgIpc) is 3.46. The molecular weight excluding hydrogens is 518 g/mol. The largest absolute Gasteiger partial charge is 0.495 e. The second-order valence-electron chi connectivity index (χ2n) is 10.0. The number of piperazine rings is 1. The van der Waals surface area contributed by atoms with Gasteiger partial charge in [-0.25, -0.2) is 4.68 Å². The Labute approximate surface area is 238 Å². The van der Waals surface area contributed by atoms with Gasteiger partial charge in [0.05, 0.1) is 25.9 Å². The first-order chi connectivity index (χ1) is 20.1. The summed E-state index contributed by atoms with van der Waals surface area (Å²) in [4.78, 5) is 21.3. The van der Waals surface area contributed by atoms with Crippen LogP contribution in [0.1, 0.15) is 29.9 Å². The fourth-order valence-electron chi connectivity index (χ4n) is 5.55. The number of aromatic amines is 1. The van der Waals surface area contributed by atoms with Crippen LogP contribution in [0, 0.1) is 0 Å². The predicted octanol–water partition coefficient (Wildman–Crippen LogP) is 3.88. The molecule has 0 spiro atoms. The third-order valence-corrected chi connectivity index (χ3v) is 7.53. The number of rotatable bonds is 9. The first-order valence-electron chi connectivity index (χ1n) is 13.9. The molecule has 41 heavy (non-hydrogen) atoms. The average molecular weight is 552 g/mol. The van der Waals surface area contributed by atoms with E-state index in [2.05, 4.69) is 36.4 Å². The van der Waals surface area contributed by atoms with E-state index in [-0.39, 0.29) is 5.56 Å². The van der Waals surface area contributed by atoms with Crippen molar-refractivity contribution in [3.05, 3.63) is 106 Å². The maximum absolute atomic E-state index is 13.6. The molecule has 1 unspecified atom stereocenters. The van der Waals surface area contributed by atoms with Gasteiger partial charge in [-0.1, -0.05) is 42.5 Å². The Balaban J connectivity index is 1.39. The zero-order valence-electron chi connectivity index (χ0n) is 23.2. The topological polar surface area (TPSA) is 101 Å². The zero-order chi connectivity index (χ0) is 28.2. The molecule has 0 radical (unpaired) electrons. The van der Waals surface area contributed by atoms with Crippen molar-refractivity contribution in [3.63, 3.8) is 0 Å². The van der Waals surface area contributed by atoms with E-state index in [4.69, 9.17) is 9.47 Å². The number of nitrogens with one attached hydrogen (secondary N) is 1. The molecule has 0 aliphatic carbocycles. The van der Waals surface area contributed by atoms with Crippen molar-refractivity contribution in [2.24, 2.45) is 0 Å². The number of para-hydroxylation sites is 2. The predicted molar refractivity (Wildman–Crippen MR) is 158 cm³/mol. The Kier molecular flexibility index (Phi) is 7.64. The lowest BCUT2D eigenvalue weighted by molar-refractivity contribution is 0.200. The first-order valence-corrected chi connectivity index (χ1v) is 13.9. The summed E-state index contributed by atoms with van der Waals surface area (Å²) in [5, 5.41) is 13.8. The van der Waals surface area contributed by atoms with Crippen LogP contribution < -0.4 is 19.9 Å². The van der Waals surface area contributed by atoms with Gasteiger partial charge in [-0.2, -0.15) is 0 Å². The molecular formula is C31H33N7O3. The molecule has 3 heterocycles. The number of benzene rings is 3. The van der Waals surface area contributed by atoms with Crippen LogP contribution >= 0.6 is 0 Å². The van der Waals surface area contributed by atoms with Crippen LogP contribution in [0.3, 0.4) is 0 Å². The minimum atomic E-state index is -0.447. The molecule has 1 aliphatic rings. The Morgan fingerprint density at radius 1 is 0.951 bits per heavy atom. The van der Waals surface area contributed by atoms with Crippen LogP contribution in [0.2, 0.25) is 0 Å². The van der Waals surface area contributed by atoms with Crippen molar-refractivity contribution in [2.75, 3.05) is 44.8 Å². The summed E-state index contributed by atoms with van der Waals surface area (Å²) < 4.78 is 13.2. The summed E-state index contributed by atoms with van der Waals surface area (Å²) >= 11 is 0. The fourth-order valence-corrected chi connectivity index (χ4v) is 5.55. The van der Waals surface area contributed by atoms with Crippen molar-refractivity contribution in [2.45, 2.75) is 19.5 Å². The molecule has 1 atom stereocenters. The lowest BCUT2D eigenvalue weighted by atomic mass is 10.0. The summed E-state index contributed by atoms with van der Waals surface area (Å²) in [6.45, 7) is 5.95. The van der Waals surface area contributed by atoms with Gasteiger partial charge in [0.15, 0.2) is 5.82 Å². The van der Waals surface area contributed by atoms with Gasteiger partial charge >= 0.3 is 0 Å². The summed E-state index contributed by atoms with van der Waals surface area (Å²) in [6.07, 6.45) is 0. The molecule has 0 bridgehead atoms. The highest BCUT2D eigenvalue weighted by atomic mass is 16.5. The van der Waals surface area contributed by atoms with Crippen LogP contribution in [-0.4, -0.2) is 70.0 Å². The minimum absolute atomic E-state index is 0.159. The third-order valence-electron chi connectivity index (χ3n) is 7.53. The molecule has 10 nitrogen and oxygen atoms in total. The highest BCUT2D eigenvalue weighted by Crippen LogP contribution is 2.32. The summed E-state index contributed by atoms with van der Waals surface area (Å²) in [7, 11) is 1.70. The smallest absolute Gasteiger partial charge is 0.253 e. The van der Waals surface area contributed by atoms with Gasteiger partial charge in [0.1, 0.15) is 17.5 Å². The van der Waals surface area contributed by atoms with E-state index in [1.165, 1.54) is 0 Å². The second kappa shape index (κ2) is 11.8. The number of nitrogens with zero attached hydrogens (tertiary/aromatic N) is 6. The third kappa shape index (κ3) is 5.51. The molecule has 10 heteroatoms. The number of methoxy groups -OCH3 is 1. The van der Waals surface area contributed by atoms with Crippen LogP contribution in [0.5, 0.6) is 11.5 Å². The van der Waals surface area contributed by atoms with Gasteiger partial charge in [0, 0.05) is 42.6 Å². The zero-order valence-corrected chi connectivity index (χ0v) is 23.2. The van der Waals surface area contributed by atoms with Gasteiger partial charge in [-0.15, -0.1) is 5.10 Å². The molecule has 0 saturated carbocycles. The first kappa shape index (κ1) is 26.5. The standard InChI is InChI=1S/C31H33N7O3/c1-3-41-24-13-14-26-23(19-24)20-25(31(39)32-26)29(30-33-34-35-38(30)21-22-9-5-4-6-10-22)37-17-15-36(16-18-37)27-11-7-8-12-28(27)40-2/h4-14,19-20,29H,3,15-18,21H2,1-2H3,(H,32,39). The minimum Gasteiger partial charge on any atom is -0.495 e. The quantitative estimate of drug-likeness (QED) is 0.295. The Hall–Kier alpha value is -4.70. The number of fused-ring (bicyclic) bond motifs is 1. The summed E-state index contributed by atoms with van der Waals surface area (Å²) in [6, 6.07) is 25.4. The molecule has 1 saturated heterocycles. The lowest BCUT2D eigenvalue weighted by Gasteiger charge is -2.40. The van der Waals surface area contributed by atoms with Crippen LogP contribution in [0.25, 0.3) is 10.9 Å². The maximum atomic E-state index is 13.6. The van der Waals surface area contributed by atoms with Crippen molar-refractivity contribution in [1.82, 2.24) is 30.1 Å². The highest BCUT2D eigenvalue weighted by Gasteiger charge is 2.33. The van der Waals surface area contributed by atoms with E-state index >= 15 is 0 Å². The van der Waals surface area contributed by atoms with Crippen molar-refractivity contribution in [3.8, 4) is 11.5 Å². The van der Waals surface area contributed by atoms with Gasteiger partial charge in [0.25, 0.3) is 5.56 Å². The number of tetrazole rings is 1. The van der Waals surface area contributed by atoms with Crippen LogP contribution in [-0.2, 0) is 6.54 Å². The molecule has 5 aromatic rings. The number of hydrogen-bond donors (Lipinski definition) is 1. The van der Waals surface area contributed by atoms with E-state index in [0.717, 1.165) is 46.7 Å². The van der Waals surface area contributed by atoms with Crippen LogP contribution in [0.15, 0.2) is 83.7 Å². The van der Waals surface area contributed by atoms with E-state index < -0.39 is 6.04 Å². The molecule has 3 aromatic carbocycles. The molecule has 210 valence electrons. The van der Waals surface area contributed by atoms with Gasteiger partial charge in [0.2, 0.25) is 0 Å². The molecule has 2 aromatic heterocycles. The van der Waals surface area contributed by atoms with E-state index in [0.29, 0.717) is 37.6 Å². The SMILES string of the molecule is CCOc1ccc2[nH]c(=O)c(C(c3nnnn3Cc3ccccc3)N3CCN(c4ccccc4OC)CC3)cc2c1. The van der Waals surface area contributed by atoms with Crippen molar-refractivity contribution in [1.29, 1.82) is 0 Å². The Bertz CT molecular complexity index is 1680. The fraction of sp³-hybridized carbons (Fsp3) is 0.290. The molecule has 6 rings (SSSR count). The number of anilines is 1. The summed E-state index contributed by atoms with van der Waals surface area (Å²) in [5.41, 5.74) is 3.33. The van der Waals surface area contributed by atoms with Gasteiger partial charge in [-0.3, -0.25) is 9.69 Å². The monoisotopic (exact) mass is 551 g/mol. The number of H-pyrrole nitrogens is 1. The van der Waals surface area contributed by atoms with E-state index in [1.54, 1.807) is 11.8 Å². The lowest BCUT2D eigenvalue weighted by Crippen LogP contribution is -2.49. The molecule has 1 aliphatic heterocycles. The second-order valence-corrected chi connectivity index (χ2v) is 10.0. The van der Waals surface area contributed by atoms with E-state index in [9.17, 15) is 4.79 Å². The molecule has 0 amide bonds. The van der Waals surface area contributed by atoms with E-state index in [1.807, 2.05) is 79.7 Å². The summed E-state index contributed by atoms with van der Waals surface area (Å²) in [5.74, 6) is 2.24. The Morgan fingerprint density at radius 2 is 1.73 bits per heavy atom. The van der Waals surface area contributed by atoms with Gasteiger partial charge < -0.3 is 19.4 Å². The number of aromatic nitrogens is 5. The number of ether oxygens (including phenoxy) is 2. The van der Waals surface area contributed by atoms with Crippen LogP contribution in [0.4, 0.5) is 5.69 Å². The highest BCUT2D eigenvalue weighted by molar-refractivity contribution is 5.80. The molecule has 1 N–H and O–H groups in total. The van der Waals surface area contributed by atoms with Crippen molar-refractivity contribution >= 4 is 16.6 Å². The molecule has 1 fully saturated rings.